The summed E-state index contributed by atoms with van der Waals surface area (Å²) in [6, 6.07) is 19.6. The van der Waals surface area contributed by atoms with Crippen molar-refractivity contribution in [3.63, 3.8) is 0 Å². The average Bonchev–Trinajstić information content (AvgIpc) is 2.89. The zero-order valence-corrected chi connectivity index (χ0v) is 13.4. The topological polar surface area (TPSA) is 9.29 Å². The van der Waals surface area contributed by atoms with Crippen molar-refractivity contribution in [3.05, 3.63) is 82.1 Å². The van der Waals surface area contributed by atoms with Crippen molar-refractivity contribution in [3.8, 4) is 5.69 Å². The van der Waals surface area contributed by atoms with Crippen LogP contribution in [-0.2, 0) is 0 Å². The molecule has 4 aromatic rings. The number of halogens is 2. The second-order valence-corrected chi connectivity index (χ2v) is 6.05. The van der Waals surface area contributed by atoms with Gasteiger partial charge in [0, 0.05) is 10.8 Å². The SMILES string of the molecule is [C-]#[N+]c1cc(Cl)c(-n2c3ccccc3c3ccccc32)c(Cl)c1. The van der Waals surface area contributed by atoms with Crippen molar-refractivity contribution in [2.45, 2.75) is 0 Å². The van der Waals surface area contributed by atoms with Gasteiger partial charge < -0.3 is 4.57 Å². The molecule has 110 valence electrons. The van der Waals surface area contributed by atoms with Gasteiger partial charge in [-0.3, -0.25) is 0 Å². The molecule has 4 rings (SSSR count). The Labute approximate surface area is 143 Å². The van der Waals surface area contributed by atoms with Crippen molar-refractivity contribution in [2.24, 2.45) is 0 Å². The van der Waals surface area contributed by atoms with E-state index in [2.05, 4.69) is 21.5 Å². The highest BCUT2D eigenvalue weighted by molar-refractivity contribution is 6.38. The Morgan fingerprint density at radius 2 is 1.26 bits per heavy atom. The van der Waals surface area contributed by atoms with Crippen LogP contribution in [-0.4, -0.2) is 4.57 Å². The molecule has 0 fully saturated rings. The Hall–Kier alpha value is -2.47. The fourth-order valence-corrected chi connectivity index (χ4v) is 3.64. The largest absolute Gasteiger partial charge is 0.306 e. The molecule has 0 spiro atoms. The van der Waals surface area contributed by atoms with Crippen molar-refractivity contribution in [2.75, 3.05) is 0 Å². The number of para-hydroxylation sites is 2. The molecule has 0 aliphatic rings. The second-order valence-electron chi connectivity index (χ2n) is 5.24. The zero-order chi connectivity index (χ0) is 16.0. The summed E-state index contributed by atoms with van der Waals surface area (Å²) in [5.41, 5.74) is 3.21. The van der Waals surface area contributed by atoms with Crippen LogP contribution in [0.2, 0.25) is 10.0 Å². The van der Waals surface area contributed by atoms with E-state index in [0.29, 0.717) is 21.4 Å². The number of hydrogen-bond acceptors (Lipinski definition) is 0. The number of rotatable bonds is 1. The smallest absolute Gasteiger partial charge is 0.190 e. The highest BCUT2D eigenvalue weighted by Crippen LogP contribution is 2.39. The van der Waals surface area contributed by atoms with Gasteiger partial charge in [-0.2, -0.15) is 0 Å². The molecule has 0 radical (unpaired) electrons. The first-order valence-corrected chi connectivity index (χ1v) is 7.81. The first kappa shape index (κ1) is 14.1. The summed E-state index contributed by atoms with van der Waals surface area (Å²) >= 11 is 12.9. The van der Waals surface area contributed by atoms with E-state index >= 15 is 0 Å². The normalized spacial score (nSPS) is 11.0. The third-order valence-electron chi connectivity index (χ3n) is 3.93. The van der Waals surface area contributed by atoms with E-state index in [-0.39, 0.29) is 0 Å². The molecular weight excluding hydrogens is 327 g/mol. The van der Waals surface area contributed by atoms with Gasteiger partial charge in [0.25, 0.3) is 0 Å². The summed E-state index contributed by atoms with van der Waals surface area (Å²) < 4.78 is 2.06. The lowest BCUT2D eigenvalue weighted by Gasteiger charge is -2.12. The molecule has 4 heteroatoms. The number of aromatic nitrogens is 1. The van der Waals surface area contributed by atoms with Crippen molar-refractivity contribution in [1.82, 2.24) is 4.57 Å². The van der Waals surface area contributed by atoms with E-state index in [1.165, 1.54) is 0 Å². The summed E-state index contributed by atoms with van der Waals surface area (Å²) in [4.78, 5) is 3.41. The molecule has 2 nitrogen and oxygen atoms in total. The summed E-state index contributed by atoms with van der Waals surface area (Å²) in [6.07, 6.45) is 0. The first-order valence-electron chi connectivity index (χ1n) is 7.06. The molecule has 23 heavy (non-hydrogen) atoms. The van der Waals surface area contributed by atoms with Crippen LogP contribution < -0.4 is 0 Å². The maximum Gasteiger partial charge on any atom is 0.190 e. The predicted octanol–water partition coefficient (Wildman–Crippen LogP) is 6.64. The van der Waals surface area contributed by atoms with E-state index in [1.54, 1.807) is 12.1 Å². The predicted molar refractivity (Wildman–Crippen MR) is 97.1 cm³/mol. The Morgan fingerprint density at radius 3 is 1.74 bits per heavy atom. The number of benzene rings is 3. The second kappa shape index (κ2) is 5.31. The minimum absolute atomic E-state index is 0.435. The van der Waals surface area contributed by atoms with Gasteiger partial charge >= 0.3 is 0 Å². The highest BCUT2D eigenvalue weighted by Gasteiger charge is 2.16. The zero-order valence-electron chi connectivity index (χ0n) is 11.9. The average molecular weight is 337 g/mol. The lowest BCUT2D eigenvalue weighted by Crippen LogP contribution is -1.96. The third-order valence-corrected chi connectivity index (χ3v) is 4.51. The third kappa shape index (κ3) is 2.09. The Bertz CT molecular complexity index is 1030. The van der Waals surface area contributed by atoms with Crippen molar-refractivity contribution in [1.29, 1.82) is 0 Å². The summed E-state index contributed by atoms with van der Waals surface area (Å²) in [5.74, 6) is 0. The quantitative estimate of drug-likeness (QED) is 0.344. The molecule has 0 saturated carbocycles. The molecule has 1 heterocycles. The molecule has 1 aromatic heterocycles. The van der Waals surface area contributed by atoms with Gasteiger partial charge in [-0.1, -0.05) is 59.6 Å². The maximum atomic E-state index is 7.15. The summed E-state index contributed by atoms with van der Waals surface area (Å²) in [6.45, 7) is 7.15. The molecule has 3 aromatic carbocycles. The van der Waals surface area contributed by atoms with Gasteiger partial charge in [0.05, 0.1) is 33.3 Å². The minimum atomic E-state index is 0.435. The van der Waals surface area contributed by atoms with Crippen LogP contribution in [0.3, 0.4) is 0 Å². The number of hydrogen-bond donors (Lipinski definition) is 0. The number of nitrogens with zero attached hydrogens (tertiary/aromatic N) is 2. The first-order chi connectivity index (χ1) is 11.2. The summed E-state index contributed by atoms with van der Waals surface area (Å²) in [5, 5.41) is 3.22. The molecule has 0 aliphatic heterocycles. The fourth-order valence-electron chi connectivity index (χ4n) is 2.99. The van der Waals surface area contributed by atoms with Crippen molar-refractivity contribution >= 4 is 50.7 Å². The van der Waals surface area contributed by atoms with Crippen molar-refractivity contribution < 1.29 is 0 Å². The van der Waals surface area contributed by atoms with Crippen LogP contribution in [0.25, 0.3) is 32.3 Å². The lowest BCUT2D eigenvalue weighted by molar-refractivity contribution is 1.18. The van der Waals surface area contributed by atoms with E-state index < -0.39 is 0 Å². The van der Waals surface area contributed by atoms with Gasteiger partial charge in [0.15, 0.2) is 5.69 Å². The van der Waals surface area contributed by atoms with E-state index in [4.69, 9.17) is 29.8 Å². The van der Waals surface area contributed by atoms with E-state index in [9.17, 15) is 0 Å². The standard InChI is InChI=1S/C19H10Cl2N2/c1-22-12-10-15(20)19(16(21)11-12)23-17-8-4-2-6-13(17)14-7-3-5-9-18(14)23/h2-11H. The molecule has 0 aliphatic carbocycles. The molecule has 0 unspecified atom stereocenters. The van der Waals surface area contributed by atoms with E-state index in [1.807, 2.05) is 36.4 Å². The Balaban J connectivity index is 2.20. The van der Waals surface area contributed by atoms with Gasteiger partial charge in [0.2, 0.25) is 0 Å². The van der Waals surface area contributed by atoms with Crippen LogP contribution in [0.1, 0.15) is 0 Å². The van der Waals surface area contributed by atoms with Gasteiger partial charge in [0.1, 0.15) is 0 Å². The monoisotopic (exact) mass is 336 g/mol. The lowest BCUT2D eigenvalue weighted by atomic mass is 10.2. The van der Waals surface area contributed by atoms with Crippen LogP contribution in [0.15, 0.2) is 60.7 Å². The van der Waals surface area contributed by atoms with Gasteiger partial charge in [-0.15, -0.1) is 0 Å². The molecule has 0 saturated heterocycles. The molecule has 0 amide bonds. The Morgan fingerprint density at radius 1 is 0.783 bits per heavy atom. The van der Waals surface area contributed by atoms with Crippen LogP contribution in [0.4, 0.5) is 5.69 Å². The minimum Gasteiger partial charge on any atom is -0.306 e. The molecule has 0 bridgehead atoms. The fraction of sp³-hybridized carbons (Fsp3) is 0. The molecule has 0 atom stereocenters. The molecular formula is C19H10Cl2N2. The van der Waals surface area contributed by atoms with Crippen LogP contribution in [0, 0.1) is 6.57 Å². The maximum absolute atomic E-state index is 7.15. The van der Waals surface area contributed by atoms with Gasteiger partial charge in [-0.05, 0) is 24.3 Å². The number of fused-ring (bicyclic) bond motifs is 3. The van der Waals surface area contributed by atoms with Gasteiger partial charge in [-0.25, -0.2) is 4.85 Å². The highest BCUT2D eigenvalue weighted by atomic mass is 35.5. The van der Waals surface area contributed by atoms with E-state index in [0.717, 1.165) is 21.8 Å². The summed E-state index contributed by atoms with van der Waals surface area (Å²) in [7, 11) is 0. The van der Waals surface area contributed by atoms with Crippen LogP contribution in [0.5, 0.6) is 0 Å². The molecule has 0 N–H and O–H groups in total. The van der Waals surface area contributed by atoms with Crippen LogP contribution >= 0.6 is 23.2 Å². The Kier molecular flexibility index (Phi) is 3.27.